The van der Waals surface area contributed by atoms with Gasteiger partial charge in [-0.05, 0) is 30.0 Å². The maximum atomic E-state index is 3.41. The van der Waals surface area contributed by atoms with Crippen molar-refractivity contribution in [2.24, 2.45) is 0 Å². The third-order valence-corrected chi connectivity index (χ3v) is 3.80. The molecule has 1 N–H and O–H groups in total. The van der Waals surface area contributed by atoms with Gasteiger partial charge in [0.2, 0.25) is 0 Å². The van der Waals surface area contributed by atoms with E-state index < -0.39 is 0 Å². The molecule has 1 heterocycles. The standard InChI is InChI=1S/C17H26N2/c1-3-18-13-15(2)17-9-7-16(8-10-17)14-19-11-5-4-6-12-19/h4-5,7-10,15,18H,3,6,11-14H2,1-2H3. The molecule has 19 heavy (non-hydrogen) atoms. The van der Waals surface area contributed by atoms with E-state index in [1.807, 2.05) is 0 Å². The van der Waals surface area contributed by atoms with Gasteiger partial charge in [-0.3, -0.25) is 4.90 Å². The maximum Gasteiger partial charge on any atom is 0.0237 e. The fraction of sp³-hybridized carbons (Fsp3) is 0.529. The van der Waals surface area contributed by atoms with E-state index in [1.165, 1.54) is 24.1 Å². The maximum absolute atomic E-state index is 3.41. The molecule has 0 spiro atoms. The molecule has 0 aromatic heterocycles. The molecule has 0 saturated heterocycles. The number of hydrogen-bond acceptors (Lipinski definition) is 2. The van der Waals surface area contributed by atoms with Gasteiger partial charge in [0.05, 0.1) is 0 Å². The molecular formula is C17H26N2. The molecule has 1 unspecified atom stereocenters. The van der Waals surface area contributed by atoms with Crippen LogP contribution < -0.4 is 5.32 Å². The van der Waals surface area contributed by atoms with Crippen LogP contribution in [0.5, 0.6) is 0 Å². The number of benzene rings is 1. The zero-order chi connectivity index (χ0) is 13.5. The Morgan fingerprint density at radius 3 is 2.63 bits per heavy atom. The van der Waals surface area contributed by atoms with Gasteiger partial charge in [-0.15, -0.1) is 0 Å². The summed E-state index contributed by atoms with van der Waals surface area (Å²) in [6, 6.07) is 9.15. The largest absolute Gasteiger partial charge is 0.316 e. The summed E-state index contributed by atoms with van der Waals surface area (Å²) < 4.78 is 0. The fourth-order valence-corrected chi connectivity index (χ4v) is 2.52. The normalized spacial score (nSPS) is 17.6. The van der Waals surface area contributed by atoms with Gasteiger partial charge in [-0.2, -0.15) is 0 Å². The Labute approximate surface area is 117 Å². The minimum atomic E-state index is 0.590. The van der Waals surface area contributed by atoms with Crippen LogP contribution in [0.3, 0.4) is 0 Å². The van der Waals surface area contributed by atoms with Gasteiger partial charge in [0.25, 0.3) is 0 Å². The van der Waals surface area contributed by atoms with Crippen molar-refractivity contribution in [2.75, 3.05) is 26.2 Å². The quantitative estimate of drug-likeness (QED) is 0.789. The van der Waals surface area contributed by atoms with Crippen molar-refractivity contribution in [3.05, 3.63) is 47.5 Å². The number of likely N-dealkylation sites (N-methyl/N-ethyl adjacent to an activating group) is 1. The summed E-state index contributed by atoms with van der Waals surface area (Å²) in [6.07, 6.45) is 5.75. The topological polar surface area (TPSA) is 15.3 Å². The Morgan fingerprint density at radius 1 is 1.21 bits per heavy atom. The second-order valence-electron chi connectivity index (χ2n) is 5.45. The average molecular weight is 258 g/mol. The van der Waals surface area contributed by atoms with Crippen LogP contribution in [0.4, 0.5) is 0 Å². The predicted molar refractivity (Wildman–Crippen MR) is 82.4 cm³/mol. The van der Waals surface area contributed by atoms with Crippen molar-refractivity contribution in [2.45, 2.75) is 32.7 Å². The van der Waals surface area contributed by atoms with E-state index in [0.717, 1.165) is 26.2 Å². The third-order valence-electron chi connectivity index (χ3n) is 3.80. The fourth-order valence-electron chi connectivity index (χ4n) is 2.52. The second-order valence-corrected chi connectivity index (χ2v) is 5.45. The SMILES string of the molecule is CCNCC(C)c1ccc(CN2CC=CCC2)cc1. The molecule has 0 fully saturated rings. The van der Waals surface area contributed by atoms with Crippen LogP contribution in [0.2, 0.25) is 0 Å². The summed E-state index contributed by atoms with van der Waals surface area (Å²) in [6.45, 7) is 9.91. The third kappa shape index (κ3) is 4.48. The van der Waals surface area contributed by atoms with Gasteiger partial charge >= 0.3 is 0 Å². The Bertz CT molecular complexity index is 394. The van der Waals surface area contributed by atoms with E-state index in [9.17, 15) is 0 Å². The van der Waals surface area contributed by atoms with Crippen molar-refractivity contribution in [3.63, 3.8) is 0 Å². The molecule has 2 nitrogen and oxygen atoms in total. The first-order valence-electron chi connectivity index (χ1n) is 7.46. The van der Waals surface area contributed by atoms with E-state index in [-0.39, 0.29) is 0 Å². The second kappa shape index (κ2) is 7.46. The van der Waals surface area contributed by atoms with Crippen molar-refractivity contribution < 1.29 is 0 Å². The van der Waals surface area contributed by atoms with Gasteiger partial charge in [-0.25, -0.2) is 0 Å². The lowest BCUT2D eigenvalue weighted by atomic mass is 9.99. The Morgan fingerprint density at radius 2 is 2.00 bits per heavy atom. The van der Waals surface area contributed by atoms with E-state index in [2.05, 4.69) is 60.5 Å². The summed E-state index contributed by atoms with van der Waals surface area (Å²) in [5.41, 5.74) is 2.86. The first-order valence-corrected chi connectivity index (χ1v) is 7.46. The molecule has 0 amide bonds. The van der Waals surface area contributed by atoms with E-state index in [4.69, 9.17) is 0 Å². The summed E-state index contributed by atoms with van der Waals surface area (Å²) in [5.74, 6) is 0.590. The van der Waals surface area contributed by atoms with E-state index in [1.54, 1.807) is 0 Å². The minimum absolute atomic E-state index is 0.590. The lowest BCUT2D eigenvalue weighted by molar-refractivity contribution is 0.290. The van der Waals surface area contributed by atoms with Crippen molar-refractivity contribution >= 4 is 0 Å². The molecule has 1 aromatic carbocycles. The number of hydrogen-bond donors (Lipinski definition) is 1. The van der Waals surface area contributed by atoms with Gasteiger partial charge in [0, 0.05) is 26.2 Å². The van der Waals surface area contributed by atoms with Crippen LogP contribution in [0.1, 0.15) is 37.3 Å². The lowest BCUT2D eigenvalue weighted by Gasteiger charge is -2.23. The zero-order valence-electron chi connectivity index (χ0n) is 12.2. The van der Waals surface area contributed by atoms with Gasteiger partial charge in [-0.1, -0.05) is 50.3 Å². The highest BCUT2D eigenvalue weighted by Crippen LogP contribution is 2.16. The van der Waals surface area contributed by atoms with Crippen molar-refractivity contribution in [3.8, 4) is 0 Å². The zero-order valence-corrected chi connectivity index (χ0v) is 12.2. The van der Waals surface area contributed by atoms with Crippen LogP contribution in [0, 0.1) is 0 Å². The smallest absolute Gasteiger partial charge is 0.0237 e. The molecule has 1 aromatic rings. The molecule has 1 aliphatic heterocycles. The van der Waals surface area contributed by atoms with Crippen LogP contribution in [0.25, 0.3) is 0 Å². The van der Waals surface area contributed by atoms with Crippen molar-refractivity contribution in [1.82, 2.24) is 10.2 Å². The molecule has 0 saturated carbocycles. The molecule has 0 radical (unpaired) electrons. The predicted octanol–water partition coefficient (Wildman–Crippen LogP) is 3.16. The van der Waals surface area contributed by atoms with Crippen LogP contribution in [-0.4, -0.2) is 31.1 Å². The molecule has 1 aliphatic rings. The molecule has 2 heteroatoms. The lowest BCUT2D eigenvalue weighted by Crippen LogP contribution is -2.26. The van der Waals surface area contributed by atoms with Gasteiger partial charge in [0.1, 0.15) is 0 Å². The molecule has 1 atom stereocenters. The first-order chi connectivity index (χ1) is 9.29. The van der Waals surface area contributed by atoms with Gasteiger partial charge in [0.15, 0.2) is 0 Å². The van der Waals surface area contributed by atoms with Crippen LogP contribution in [0.15, 0.2) is 36.4 Å². The van der Waals surface area contributed by atoms with Crippen molar-refractivity contribution in [1.29, 1.82) is 0 Å². The highest BCUT2D eigenvalue weighted by molar-refractivity contribution is 5.25. The summed E-state index contributed by atoms with van der Waals surface area (Å²) >= 11 is 0. The number of nitrogens with one attached hydrogen (secondary N) is 1. The Kier molecular flexibility index (Phi) is 5.62. The highest BCUT2D eigenvalue weighted by Gasteiger charge is 2.08. The molecule has 104 valence electrons. The number of rotatable bonds is 6. The first kappa shape index (κ1) is 14.3. The average Bonchev–Trinajstić information content (AvgIpc) is 2.46. The van der Waals surface area contributed by atoms with E-state index in [0.29, 0.717) is 5.92 Å². The number of nitrogens with zero attached hydrogens (tertiary/aromatic N) is 1. The molecule has 0 bridgehead atoms. The molecule has 0 aliphatic carbocycles. The summed E-state index contributed by atoms with van der Waals surface area (Å²) in [7, 11) is 0. The summed E-state index contributed by atoms with van der Waals surface area (Å²) in [5, 5.41) is 3.41. The van der Waals surface area contributed by atoms with Crippen LogP contribution >= 0.6 is 0 Å². The van der Waals surface area contributed by atoms with E-state index >= 15 is 0 Å². The summed E-state index contributed by atoms with van der Waals surface area (Å²) in [4.78, 5) is 2.50. The Balaban J connectivity index is 1.88. The molecular weight excluding hydrogens is 232 g/mol. The highest BCUT2D eigenvalue weighted by atomic mass is 15.1. The van der Waals surface area contributed by atoms with Crippen LogP contribution in [-0.2, 0) is 6.54 Å². The molecule has 2 rings (SSSR count). The Hall–Kier alpha value is -1.12. The minimum Gasteiger partial charge on any atom is -0.316 e. The van der Waals surface area contributed by atoms with Gasteiger partial charge < -0.3 is 5.32 Å². The monoisotopic (exact) mass is 258 g/mol.